The van der Waals surface area contributed by atoms with Gasteiger partial charge in [0.1, 0.15) is 17.6 Å². The van der Waals surface area contributed by atoms with Gasteiger partial charge in [-0.1, -0.05) is 0 Å². The summed E-state index contributed by atoms with van der Waals surface area (Å²) in [5, 5.41) is 18.2. The van der Waals surface area contributed by atoms with Crippen LogP contribution in [0.4, 0.5) is 0 Å². The Bertz CT molecular complexity index is 276. The molecule has 78 valence electrons. The van der Waals surface area contributed by atoms with Gasteiger partial charge in [-0.3, -0.25) is 0 Å². The minimum Gasteiger partial charge on any atom is -0.497 e. The summed E-state index contributed by atoms with van der Waals surface area (Å²) >= 11 is 0. The molecule has 4 heteroatoms. The van der Waals surface area contributed by atoms with Crippen LogP contribution in [0.5, 0.6) is 11.5 Å². The Balaban J connectivity index is 3.04. The second-order valence-electron chi connectivity index (χ2n) is 2.84. The summed E-state index contributed by atoms with van der Waals surface area (Å²) in [6, 6.07) is 5.01. The largest absolute Gasteiger partial charge is 0.497 e. The van der Waals surface area contributed by atoms with Crippen molar-refractivity contribution in [2.75, 3.05) is 20.8 Å². The predicted molar refractivity (Wildman–Crippen MR) is 51.6 cm³/mol. The summed E-state index contributed by atoms with van der Waals surface area (Å²) in [4.78, 5) is 0. The van der Waals surface area contributed by atoms with Gasteiger partial charge in [-0.15, -0.1) is 0 Å². The summed E-state index contributed by atoms with van der Waals surface area (Å²) < 4.78 is 10.0. The molecule has 0 aliphatic rings. The lowest BCUT2D eigenvalue weighted by atomic mass is 10.1. The highest BCUT2D eigenvalue weighted by Crippen LogP contribution is 2.25. The van der Waals surface area contributed by atoms with Crippen LogP contribution in [0, 0.1) is 0 Å². The zero-order valence-corrected chi connectivity index (χ0v) is 8.23. The van der Waals surface area contributed by atoms with E-state index >= 15 is 0 Å². The first kappa shape index (κ1) is 10.8. The minimum atomic E-state index is -0.904. The van der Waals surface area contributed by atoms with Crippen LogP contribution < -0.4 is 9.47 Å². The van der Waals surface area contributed by atoms with Gasteiger partial charge in [-0.05, 0) is 17.7 Å². The number of rotatable bonds is 4. The van der Waals surface area contributed by atoms with Gasteiger partial charge in [0.05, 0.1) is 20.8 Å². The number of methoxy groups -OCH3 is 2. The molecule has 1 atom stereocenters. The summed E-state index contributed by atoms with van der Waals surface area (Å²) in [7, 11) is 3.06. The average Bonchev–Trinajstić information content (AvgIpc) is 2.27. The van der Waals surface area contributed by atoms with Crippen molar-refractivity contribution in [3.63, 3.8) is 0 Å². The van der Waals surface area contributed by atoms with Crippen molar-refractivity contribution in [3.05, 3.63) is 23.8 Å². The second-order valence-corrected chi connectivity index (χ2v) is 2.84. The highest BCUT2D eigenvalue weighted by molar-refractivity contribution is 5.39. The third-order valence-electron chi connectivity index (χ3n) is 1.93. The first-order valence-electron chi connectivity index (χ1n) is 4.23. The molecule has 2 N–H and O–H groups in total. The highest BCUT2D eigenvalue weighted by atomic mass is 16.5. The molecule has 1 aromatic carbocycles. The van der Waals surface area contributed by atoms with Crippen molar-refractivity contribution in [2.24, 2.45) is 0 Å². The van der Waals surface area contributed by atoms with Crippen LogP contribution in [0.15, 0.2) is 18.2 Å². The number of hydrogen-bond acceptors (Lipinski definition) is 4. The molecule has 0 amide bonds. The van der Waals surface area contributed by atoms with E-state index in [2.05, 4.69) is 0 Å². The molecule has 1 unspecified atom stereocenters. The second kappa shape index (κ2) is 4.83. The maximum atomic E-state index is 9.41. The Morgan fingerprint density at radius 2 is 1.64 bits per heavy atom. The van der Waals surface area contributed by atoms with E-state index in [0.29, 0.717) is 17.1 Å². The van der Waals surface area contributed by atoms with Gasteiger partial charge >= 0.3 is 0 Å². The van der Waals surface area contributed by atoms with Gasteiger partial charge in [0.2, 0.25) is 0 Å². The first-order valence-corrected chi connectivity index (χ1v) is 4.23. The quantitative estimate of drug-likeness (QED) is 0.748. The fraction of sp³-hybridized carbons (Fsp3) is 0.400. The SMILES string of the molecule is COc1cc(OC)cc(C(O)CO)c1. The zero-order valence-electron chi connectivity index (χ0n) is 8.23. The molecule has 1 aromatic rings. The van der Waals surface area contributed by atoms with E-state index in [0.717, 1.165) is 0 Å². The molecule has 1 rings (SSSR count). The van der Waals surface area contributed by atoms with Crippen molar-refractivity contribution in [1.82, 2.24) is 0 Å². The summed E-state index contributed by atoms with van der Waals surface area (Å²) in [5.74, 6) is 1.18. The van der Waals surface area contributed by atoms with Crippen molar-refractivity contribution in [2.45, 2.75) is 6.10 Å². The number of aliphatic hydroxyl groups excluding tert-OH is 2. The Kier molecular flexibility index (Phi) is 3.73. The van der Waals surface area contributed by atoms with E-state index in [1.165, 1.54) is 14.2 Å². The fourth-order valence-electron chi connectivity index (χ4n) is 1.13. The summed E-state index contributed by atoms with van der Waals surface area (Å²) in [6.07, 6.45) is -0.904. The normalized spacial score (nSPS) is 12.3. The molecule has 0 aliphatic heterocycles. The molecule has 0 spiro atoms. The maximum Gasteiger partial charge on any atom is 0.122 e. The van der Waals surface area contributed by atoms with Crippen molar-refractivity contribution >= 4 is 0 Å². The van der Waals surface area contributed by atoms with E-state index in [-0.39, 0.29) is 6.61 Å². The third-order valence-corrected chi connectivity index (χ3v) is 1.93. The lowest BCUT2D eigenvalue weighted by Gasteiger charge is -2.11. The monoisotopic (exact) mass is 198 g/mol. The summed E-state index contributed by atoms with van der Waals surface area (Å²) in [5.41, 5.74) is 0.573. The first-order chi connectivity index (χ1) is 6.71. The van der Waals surface area contributed by atoms with Crippen LogP contribution >= 0.6 is 0 Å². The van der Waals surface area contributed by atoms with Gasteiger partial charge in [-0.2, -0.15) is 0 Å². The van der Waals surface area contributed by atoms with Crippen LogP contribution in [0.1, 0.15) is 11.7 Å². The van der Waals surface area contributed by atoms with Crippen LogP contribution in [-0.4, -0.2) is 31.0 Å². The molecule has 0 fully saturated rings. The third kappa shape index (κ3) is 2.37. The lowest BCUT2D eigenvalue weighted by molar-refractivity contribution is 0.0952. The minimum absolute atomic E-state index is 0.323. The molecule has 0 radical (unpaired) electrons. The Labute approximate surface area is 82.7 Å². The molecular weight excluding hydrogens is 184 g/mol. The Morgan fingerprint density at radius 3 is 2.00 bits per heavy atom. The van der Waals surface area contributed by atoms with E-state index in [1.54, 1.807) is 18.2 Å². The van der Waals surface area contributed by atoms with Gasteiger partial charge in [-0.25, -0.2) is 0 Å². The van der Waals surface area contributed by atoms with Crippen LogP contribution in [0.25, 0.3) is 0 Å². The molecule has 0 aliphatic carbocycles. The highest BCUT2D eigenvalue weighted by Gasteiger charge is 2.09. The van der Waals surface area contributed by atoms with Gasteiger partial charge < -0.3 is 19.7 Å². The zero-order chi connectivity index (χ0) is 10.6. The predicted octanol–water partition coefficient (Wildman–Crippen LogP) is 0.730. The molecule has 0 heterocycles. The number of hydrogen-bond donors (Lipinski definition) is 2. The van der Waals surface area contributed by atoms with E-state index in [4.69, 9.17) is 14.6 Å². The van der Waals surface area contributed by atoms with E-state index in [9.17, 15) is 5.11 Å². The van der Waals surface area contributed by atoms with Crippen LogP contribution in [-0.2, 0) is 0 Å². The van der Waals surface area contributed by atoms with Crippen molar-refractivity contribution in [1.29, 1.82) is 0 Å². The van der Waals surface area contributed by atoms with Crippen LogP contribution in [0.3, 0.4) is 0 Å². The number of aliphatic hydroxyl groups is 2. The number of benzene rings is 1. The van der Waals surface area contributed by atoms with E-state index < -0.39 is 6.10 Å². The average molecular weight is 198 g/mol. The van der Waals surface area contributed by atoms with E-state index in [1.807, 2.05) is 0 Å². The topological polar surface area (TPSA) is 58.9 Å². The fourth-order valence-corrected chi connectivity index (χ4v) is 1.13. The van der Waals surface area contributed by atoms with Gasteiger partial charge in [0.25, 0.3) is 0 Å². The molecule has 0 aromatic heterocycles. The molecule has 0 saturated heterocycles. The molecule has 4 nitrogen and oxygen atoms in total. The lowest BCUT2D eigenvalue weighted by Crippen LogP contribution is -2.03. The maximum absolute atomic E-state index is 9.41. The molecular formula is C10H14O4. The standard InChI is InChI=1S/C10H14O4/c1-13-8-3-7(10(12)6-11)4-9(5-8)14-2/h3-5,10-12H,6H2,1-2H3. The van der Waals surface area contributed by atoms with Gasteiger partial charge in [0.15, 0.2) is 0 Å². The molecule has 14 heavy (non-hydrogen) atoms. The smallest absolute Gasteiger partial charge is 0.122 e. The summed E-state index contributed by atoms with van der Waals surface area (Å²) in [6.45, 7) is -0.323. The van der Waals surface area contributed by atoms with Crippen LogP contribution in [0.2, 0.25) is 0 Å². The molecule has 0 bridgehead atoms. The Hall–Kier alpha value is -1.26. The Morgan fingerprint density at radius 1 is 1.14 bits per heavy atom. The van der Waals surface area contributed by atoms with Crippen molar-refractivity contribution in [3.8, 4) is 11.5 Å². The van der Waals surface area contributed by atoms with Crippen molar-refractivity contribution < 1.29 is 19.7 Å². The molecule has 0 saturated carbocycles. The van der Waals surface area contributed by atoms with Gasteiger partial charge in [0, 0.05) is 6.07 Å². The number of ether oxygens (including phenoxy) is 2.